The highest BCUT2D eigenvalue weighted by molar-refractivity contribution is 5.85. The van der Waals surface area contributed by atoms with Crippen molar-refractivity contribution >= 4 is 5.97 Å². The Labute approximate surface area is 63.6 Å². The average molecular weight is 181 g/mol. The van der Waals surface area contributed by atoms with E-state index in [1.807, 2.05) is 0 Å². The van der Waals surface area contributed by atoms with E-state index in [9.17, 15) is 18.0 Å². The molecule has 0 aliphatic rings. The van der Waals surface area contributed by atoms with Gasteiger partial charge >= 0.3 is 12.1 Å². The number of aromatic carboxylic acids is 1. The molecule has 0 aliphatic heterocycles. The Hall–Kier alpha value is -1.53. The zero-order chi connectivity index (χ0) is 9.35. The summed E-state index contributed by atoms with van der Waals surface area (Å²) in [5.74, 6) is -2.98. The van der Waals surface area contributed by atoms with Crippen molar-refractivity contribution < 1.29 is 27.6 Å². The fourth-order valence-electron chi connectivity index (χ4n) is 0.510. The minimum absolute atomic E-state index is 0.322. The van der Waals surface area contributed by atoms with Crippen LogP contribution in [-0.2, 0) is 6.18 Å². The SMILES string of the molecule is O=C(O)c1cc(C(F)(F)F)on1. The molecule has 1 aromatic rings. The van der Waals surface area contributed by atoms with Gasteiger partial charge in [0.2, 0.25) is 5.76 Å². The van der Waals surface area contributed by atoms with Crippen LogP contribution in [0.5, 0.6) is 0 Å². The van der Waals surface area contributed by atoms with Gasteiger partial charge in [-0.05, 0) is 0 Å². The zero-order valence-electron chi connectivity index (χ0n) is 5.42. The van der Waals surface area contributed by atoms with Gasteiger partial charge in [0.05, 0.1) is 0 Å². The highest BCUT2D eigenvalue weighted by atomic mass is 19.4. The largest absolute Gasteiger partial charge is 0.476 e. The van der Waals surface area contributed by atoms with Gasteiger partial charge in [0.15, 0.2) is 5.69 Å². The first-order valence-electron chi connectivity index (χ1n) is 2.68. The minimum atomic E-state index is -4.69. The molecule has 0 saturated heterocycles. The highest BCUT2D eigenvalue weighted by Crippen LogP contribution is 2.29. The molecule has 0 bridgehead atoms. The number of alkyl halides is 3. The second kappa shape index (κ2) is 2.50. The quantitative estimate of drug-likeness (QED) is 0.710. The first-order chi connectivity index (χ1) is 5.41. The summed E-state index contributed by atoms with van der Waals surface area (Å²) in [4.78, 5) is 10.1. The third-order valence-electron chi connectivity index (χ3n) is 1.01. The van der Waals surface area contributed by atoms with Crippen LogP contribution < -0.4 is 0 Å². The molecule has 0 fully saturated rings. The summed E-state index contributed by atoms with van der Waals surface area (Å²) in [7, 11) is 0. The van der Waals surface area contributed by atoms with Crippen LogP contribution in [-0.4, -0.2) is 16.2 Å². The van der Waals surface area contributed by atoms with Crippen molar-refractivity contribution in [2.45, 2.75) is 6.18 Å². The zero-order valence-corrected chi connectivity index (χ0v) is 5.42. The summed E-state index contributed by atoms with van der Waals surface area (Å²) in [6.45, 7) is 0. The fourth-order valence-corrected chi connectivity index (χ4v) is 0.510. The summed E-state index contributed by atoms with van der Waals surface area (Å²) in [6.07, 6.45) is -4.69. The third kappa shape index (κ3) is 1.55. The topological polar surface area (TPSA) is 63.3 Å². The predicted octanol–water partition coefficient (Wildman–Crippen LogP) is 1.39. The summed E-state index contributed by atoms with van der Waals surface area (Å²) in [6, 6.07) is 0.322. The summed E-state index contributed by atoms with van der Waals surface area (Å²) < 4.78 is 38.9. The van der Waals surface area contributed by atoms with Crippen LogP contribution in [0.4, 0.5) is 13.2 Å². The molecule has 1 heterocycles. The molecule has 4 nitrogen and oxygen atoms in total. The predicted molar refractivity (Wildman–Crippen MR) is 28.5 cm³/mol. The molecule has 0 aliphatic carbocycles. The van der Waals surface area contributed by atoms with Crippen LogP contribution in [0.25, 0.3) is 0 Å². The van der Waals surface area contributed by atoms with Crippen LogP contribution in [0.3, 0.4) is 0 Å². The number of aromatic nitrogens is 1. The van der Waals surface area contributed by atoms with Gasteiger partial charge in [-0.2, -0.15) is 13.2 Å². The first kappa shape index (κ1) is 8.57. The molecule has 0 spiro atoms. The van der Waals surface area contributed by atoms with Crippen LogP contribution in [0, 0.1) is 0 Å². The molecule has 1 N–H and O–H groups in total. The highest BCUT2D eigenvalue weighted by Gasteiger charge is 2.36. The van der Waals surface area contributed by atoms with E-state index in [2.05, 4.69) is 9.68 Å². The molecule has 1 rings (SSSR count). The standard InChI is InChI=1S/C5H2F3NO3/c6-5(7,8)3-1-2(4(10)11)9-12-3/h1H,(H,10,11). The number of nitrogens with zero attached hydrogens (tertiary/aromatic N) is 1. The van der Waals surface area contributed by atoms with E-state index < -0.39 is 23.6 Å². The van der Waals surface area contributed by atoms with Gasteiger partial charge in [-0.1, -0.05) is 5.16 Å². The van der Waals surface area contributed by atoms with E-state index >= 15 is 0 Å². The summed E-state index contributed by atoms with van der Waals surface area (Å²) >= 11 is 0. The number of carboxylic acid groups (broad SMARTS) is 1. The lowest BCUT2D eigenvalue weighted by Gasteiger charge is -1.96. The van der Waals surface area contributed by atoms with Gasteiger partial charge in [-0.3, -0.25) is 0 Å². The molecule has 0 radical (unpaired) electrons. The van der Waals surface area contributed by atoms with E-state index in [0.29, 0.717) is 6.07 Å². The normalized spacial score (nSPS) is 11.6. The maximum absolute atomic E-state index is 11.7. The van der Waals surface area contributed by atoms with Gasteiger partial charge in [-0.25, -0.2) is 4.79 Å². The molecule has 7 heteroatoms. The second-order valence-electron chi connectivity index (χ2n) is 1.88. The third-order valence-corrected chi connectivity index (χ3v) is 1.01. The molecule has 0 atom stereocenters. The van der Waals surface area contributed by atoms with Gasteiger partial charge < -0.3 is 9.63 Å². The monoisotopic (exact) mass is 181 g/mol. The lowest BCUT2D eigenvalue weighted by Crippen LogP contribution is -2.02. The Bertz CT molecular complexity index is 303. The lowest BCUT2D eigenvalue weighted by atomic mass is 10.3. The smallest absolute Gasteiger partial charge is 0.452 e. The molecule has 0 aromatic carbocycles. The Morgan fingerprint density at radius 3 is 2.42 bits per heavy atom. The minimum Gasteiger partial charge on any atom is -0.476 e. The summed E-state index contributed by atoms with van der Waals surface area (Å²) in [5.41, 5.74) is -0.762. The number of halogens is 3. The van der Waals surface area contributed by atoms with E-state index in [0.717, 1.165) is 0 Å². The Balaban J connectivity index is 3.00. The Morgan fingerprint density at radius 2 is 2.17 bits per heavy atom. The van der Waals surface area contributed by atoms with E-state index in [1.165, 1.54) is 0 Å². The van der Waals surface area contributed by atoms with Crippen molar-refractivity contribution in [3.8, 4) is 0 Å². The molecular formula is C5H2F3NO3. The maximum Gasteiger partial charge on any atom is 0.452 e. The molecule has 0 saturated carbocycles. The Morgan fingerprint density at radius 1 is 1.58 bits per heavy atom. The maximum atomic E-state index is 11.7. The number of hydrogen-bond acceptors (Lipinski definition) is 3. The van der Waals surface area contributed by atoms with Crippen LogP contribution in [0.15, 0.2) is 10.6 Å². The number of carbonyl (C=O) groups is 1. The van der Waals surface area contributed by atoms with Gasteiger partial charge in [-0.15, -0.1) is 0 Å². The molecule has 1 aromatic heterocycles. The van der Waals surface area contributed by atoms with E-state index in [4.69, 9.17) is 5.11 Å². The van der Waals surface area contributed by atoms with Crippen LogP contribution >= 0.6 is 0 Å². The molecular weight excluding hydrogens is 179 g/mol. The van der Waals surface area contributed by atoms with Crippen molar-refractivity contribution in [2.75, 3.05) is 0 Å². The number of carboxylic acids is 1. The van der Waals surface area contributed by atoms with E-state index in [1.54, 1.807) is 0 Å². The van der Waals surface area contributed by atoms with Gasteiger partial charge in [0, 0.05) is 6.07 Å². The number of rotatable bonds is 1. The van der Waals surface area contributed by atoms with Crippen LogP contribution in [0.1, 0.15) is 16.2 Å². The molecule has 0 unspecified atom stereocenters. The summed E-state index contributed by atoms with van der Waals surface area (Å²) in [5, 5.41) is 10.9. The van der Waals surface area contributed by atoms with E-state index in [-0.39, 0.29) is 0 Å². The van der Waals surface area contributed by atoms with Crippen molar-refractivity contribution in [3.05, 3.63) is 17.5 Å². The van der Waals surface area contributed by atoms with Crippen molar-refractivity contribution in [3.63, 3.8) is 0 Å². The van der Waals surface area contributed by atoms with Crippen molar-refractivity contribution in [1.82, 2.24) is 5.16 Å². The average Bonchev–Trinajstić information content (AvgIpc) is 2.30. The Kier molecular flexibility index (Phi) is 1.79. The number of hydrogen-bond donors (Lipinski definition) is 1. The molecule has 12 heavy (non-hydrogen) atoms. The molecule has 0 amide bonds. The second-order valence-corrected chi connectivity index (χ2v) is 1.88. The van der Waals surface area contributed by atoms with Crippen molar-refractivity contribution in [2.24, 2.45) is 0 Å². The lowest BCUT2D eigenvalue weighted by molar-refractivity contribution is -0.155. The molecule has 66 valence electrons. The fraction of sp³-hybridized carbons (Fsp3) is 0.200. The van der Waals surface area contributed by atoms with Gasteiger partial charge in [0.25, 0.3) is 0 Å². The van der Waals surface area contributed by atoms with Crippen molar-refractivity contribution in [1.29, 1.82) is 0 Å². The van der Waals surface area contributed by atoms with Gasteiger partial charge in [0.1, 0.15) is 0 Å². The van der Waals surface area contributed by atoms with Crippen LogP contribution in [0.2, 0.25) is 0 Å². The first-order valence-corrected chi connectivity index (χ1v) is 2.68.